The maximum atomic E-state index is 12.7. The predicted molar refractivity (Wildman–Crippen MR) is 74.1 cm³/mol. The van der Waals surface area contributed by atoms with Crippen molar-refractivity contribution in [3.63, 3.8) is 0 Å². The van der Waals surface area contributed by atoms with Crippen molar-refractivity contribution >= 4 is 11.7 Å². The van der Waals surface area contributed by atoms with Crippen LogP contribution >= 0.6 is 0 Å². The molecule has 0 spiro atoms. The number of pyridine rings is 1. The van der Waals surface area contributed by atoms with E-state index >= 15 is 0 Å². The summed E-state index contributed by atoms with van der Waals surface area (Å²) in [5.41, 5.74) is 1.14. The summed E-state index contributed by atoms with van der Waals surface area (Å²) >= 11 is 0. The molecule has 5 heteroatoms. The van der Waals surface area contributed by atoms with Gasteiger partial charge >= 0.3 is 0 Å². The molecule has 0 atom stereocenters. The molecule has 20 heavy (non-hydrogen) atoms. The number of hydrogen-bond donors (Lipinski definition) is 1. The van der Waals surface area contributed by atoms with E-state index in [2.05, 4.69) is 10.3 Å². The van der Waals surface area contributed by atoms with Gasteiger partial charge in [-0.25, -0.2) is 9.37 Å². The van der Waals surface area contributed by atoms with Gasteiger partial charge in [0.15, 0.2) is 6.61 Å². The third-order valence-corrected chi connectivity index (χ3v) is 2.67. The summed E-state index contributed by atoms with van der Waals surface area (Å²) in [5.74, 6) is 0.149. The van der Waals surface area contributed by atoms with Gasteiger partial charge in [-0.05, 0) is 36.2 Å². The molecule has 2 rings (SSSR count). The zero-order chi connectivity index (χ0) is 14.4. The molecule has 0 aliphatic rings. The van der Waals surface area contributed by atoms with Crippen LogP contribution in [-0.4, -0.2) is 17.5 Å². The number of aromatic nitrogens is 1. The number of rotatable bonds is 5. The van der Waals surface area contributed by atoms with E-state index in [1.807, 2.05) is 25.1 Å². The maximum absolute atomic E-state index is 12.7. The number of carbonyl (C=O) groups excluding carboxylic acids is 1. The van der Waals surface area contributed by atoms with Crippen molar-refractivity contribution in [3.8, 4) is 5.75 Å². The Labute approximate surface area is 116 Å². The average Bonchev–Trinajstić information content (AvgIpc) is 2.48. The topological polar surface area (TPSA) is 51.2 Å². The molecule has 1 heterocycles. The van der Waals surface area contributed by atoms with Gasteiger partial charge in [-0.2, -0.15) is 0 Å². The molecule has 0 saturated heterocycles. The first-order valence-corrected chi connectivity index (χ1v) is 6.30. The highest BCUT2D eigenvalue weighted by Gasteiger charge is 2.05. The number of amides is 1. The first-order chi connectivity index (χ1) is 9.67. The summed E-state index contributed by atoms with van der Waals surface area (Å²) in [5, 5.41) is 2.53. The number of ether oxygens (including phenoxy) is 1. The normalized spacial score (nSPS) is 10.1. The Morgan fingerprint density at radius 1 is 1.35 bits per heavy atom. The molecule has 4 nitrogen and oxygen atoms in total. The van der Waals surface area contributed by atoms with Gasteiger partial charge in [0.05, 0.1) is 6.20 Å². The summed E-state index contributed by atoms with van der Waals surface area (Å²) < 4.78 is 18.1. The Kier molecular flexibility index (Phi) is 4.65. The van der Waals surface area contributed by atoms with Crippen LogP contribution in [0.2, 0.25) is 0 Å². The summed E-state index contributed by atoms with van der Waals surface area (Å²) in [6.45, 7) is 1.93. The Hall–Kier alpha value is -2.43. The van der Waals surface area contributed by atoms with Crippen LogP contribution in [0.3, 0.4) is 0 Å². The number of carbonyl (C=O) groups is 1. The van der Waals surface area contributed by atoms with Crippen LogP contribution in [0.5, 0.6) is 5.75 Å². The molecule has 2 aromatic rings. The molecule has 0 unspecified atom stereocenters. The van der Waals surface area contributed by atoms with E-state index in [4.69, 9.17) is 4.74 Å². The molecular formula is C15H15FN2O2. The first-order valence-electron chi connectivity index (χ1n) is 6.30. The van der Waals surface area contributed by atoms with Crippen molar-refractivity contribution in [3.05, 3.63) is 54.0 Å². The minimum Gasteiger partial charge on any atom is -0.484 e. The lowest BCUT2D eigenvalue weighted by atomic mass is 10.2. The number of nitrogens with one attached hydrogen (secondary N) is 1. The van der Waals surface area contributed by atoms with Gasteiger partial charge in [0.2, 0.25) is 0 Å². The van der Waals surface area contributed by atoms with Crippen molar-refractivity contribution in [1.82, 2.24) is 4.98 Å². The van der Waals surface area contributed by atoms with Crippen molar-refractivity contribution in [1.29, 1.82) is 0 Å². The van der Waals surface area contributed by atoms with Crippen LogP contribution in [0, 0.1) is 5.82 Å². The van der Waals surface area contributed by atoms with E-state index in [9.17, 15) is 9.18 Å². The Bertz CT molecular complexity index is 585. The van der Waals surface area contributed by atoms with Crippen LogP contribution in [0.25, 0.3) is 0 Å². The summed E-state index contributed by atoms with van der Waals surface area (Å²) in [4.78, 5) is 15.4. The lowest BCUT2D eigenvalue weighted by molar-refractivity contribution is -0.118. The van der Waals surface area contributed by atoms with Gasteiger partial charge in [0.25, 0.3) is 5.91 Å². The number of halogens is 1. The molecule has 1 N–H and O–H groups in total. The van der Waals surface area contributed by atoms with E-state index in [-0.39, 0.29) is 12.5 Å². The molecule has 1 amide bonds. The Morgan fingerprint density at radius 2 is 2.20 bits per heavy atom. The van der Waals surface area contributed by atoms with Crippen LogP contribution in [-0.2, 0) is 11.2 Å². The molecule has 0 saturated carbocycles. The molecule has 1 aromatic carbocycles. The van der Waals surface area contributed by atoms with Gasteiger partial charge in [-0.3, -0.25) is 4.79 Å². The largest absolute Gasteiger partial charge is 0.484 e. The van der Waals surface area contributed by atoms with Gasteiger partial charge in [0, 0.05) is 0 Å². The van der Waals surface area contributed by atoms with Gasteiger partial charge in [0.1, 0.15) is 17.4 Å². The second-order valence-electron chi connectivity index (χ2n) is 4.20. The van der Waals surface area contributed by atoms with Crippen LogP contribution in [0.1, 0.15) is 12.5 Å². The highest BCUT2D eigenvalue weighted by atomic mass is 19.1. The maximum Gasteiger partial charge on any atom is 0.263 e. The minimum atomic E-state index is -0.448. The number of benzene rings is 1. The Morgan fingerprint density at radius 3 is 2.90 bits per heavy atom. The minimum absolute atomic E-state index is 0.119. The smallest absolute Gasteiger partial charge is 0.263 e. The van der Waals surface area contributed by atoms with Gasteiger partial charge in [-0.1, -0.05) is 19.1 Å². The second kappa shape index (κ2) is 6.65. The summed E-state index contributed by atoms with van der Waals surface area (Å²) in [6, 6.07) is 10.2. The van der Waals surface area contributed by atoms with E-state index in [0.717, 1.165) is 18.2 Å². The molecule has 0 aliphatic carbocycles. The average molecular weight is 274 g/mol. The molecule has 104 valence electrons. The van der Waals surface area contributed by atoms with E-state index in [0.29, 0.717) is 11.6 Å². The fourth-order valence-corrected chi connectivity index (χ4v) is 1.63. The fraction of sp³-hybridized carbons (Fsp3) is 0.200. The van der Waals surface area contributed by atoms with Crippen LogP contribution in [0.4, 0.5) is 10.2 Å². The van der Waals surface area contributed by atoms with Crippen molar-refractivity contribution in [2.24, 2.45) is 0 Å². The van der Waals surface area contributed by atoms with Crippen molar-refractivity contribution in [2.45, 2.75) is 13.3 Å². The SMILES string of the molecule is CCc1cccc(OCC(=O)Nc2ccc(F)cn2)c1. The molecular weight excluding hydrogens is 259 g/mol. The van der Waals surface area contributed by atoms with Crippen molar-refractivity contribution < 1.29 is 13.9 Å². The third-order valence-electron chi connectivity index (χ3n) is 2.67. The van der Waals surface area contributed by atoms with E-state index < -0.39 is 5.82 Å². The second-order valence-corrected chi connectivity index (χ2v) is 4.20. The lowest BCUT2D eigenvalue weighted by Crippen LogP contribution is -2.20. The van der Waals surface area contributed by atoms with Gasteiger partial charge in [-0.15, -0.1) is 0 Å². The van der Waals surface area contributed by atoms with E-state index in [1.54, 1.807) is 6.07 Å². The molecule has 0 aliphatic heterocycles. The lowest BCUT2D eigenvalue weighted by Gasteiger charge is -2.08. The zero-order valence-corrected chi connectivity index (χ0v) is 11.1. The van der Waals surface area contributed by atoms with Crippen molar-refractivity contribution in [2.75, 3.05) is 11.9 Å². The Balaban J connectivity index is 1.87. The quantitative estimate of drug-likeness (QED) is 0.912. The standard InChI is InChI=1S/C15H15FN2O2/c1-2-11-4-3-5-13(8-11)20-10-15(19)18-14-7-6-12(16)9-17-14/h3-9H,2,10H2,1H3,(H,17,18,19). The first kappa shape index (κ1) is 14.0. The highest BCUT2D eigenvalue weighted by Crippen LogP contribution is 2.13. The molecule has 0 radical (unpaired) electrons. The molecule has 0 bridgehead atoms. The summed E-state index contributed by atoms with van der Waals surface area (Å²) in [6.07, 6.45) is 1.95. The third kappa shape index (κ3) is 4.05. The van der Waals surface area contributed by atoms with E-state index in [1.165, 1.54) is 12.1 Å². The van der Waals surface area contributed by atoms with Crippen LogP contribution < -0.4 is 10.1 Å². The van der Waals surface area contributed by atoms with Crippen LogP contribution in [0.15, 0.2) is 42.6 Å². The zero-order valence-electron chi connectivity index (χ0n) is 11.1. The molecule has 1 aromatic heterocycles. The van der Waals surface area contributed by atoms with Gasteiger partial charge < -0.3 is 10.1 Å². The highest BCUT2D eigenvalue weighted by molar-refractivity contribution is 5.90. The number of aryl methyl sites for hydroxylation is 1. The number of nitrogens with zero attached hydrogens (tertiary/aromatic N) is 1. The molecule has 0 fully saturated rings. The summed E-state index contributed by atoms with van der Waals surface area (Å²) in [7, 11) is 0. The number of hydrogen-bond acceptors (Lipinski definition) is 3. The predicted octanol–water partition coefficient (Wildman–Crippen LogP) is 2.80. The fourth-order valence-electron chi connectivity index (χ4n) is 1.63. The number of anilines is 1. The monoisotopic (exact) mass is 274 g/mol.